The van der Waals surface area contributed by atoms with Gasteiger partial charge < -0.3 is 9.73 Å². The van der Waals surface area contributed by atoms with Crippen LogP contribution in [0.1, 0.15) is 45.1 Å². The first-order valence-corrected chi connectivity index (χ1v) is 9.78. The molecule has 1 fully saturated rings. The second-order valence-electron chi connectivity index (χ2n) is 6.88. The molecule has 1 heterocycles. The van der Waals surface area contributed by atoms with Crippen LogP contribution in [-0.2, 0) is 4.79 Å². The minimum atomic E-state index is -0.263. The zero-order valence-corrected chi connectivity index (χ0v) is 15.8. The van der Waals surface area contributed by atoms with Gasteiger partial charge in [-0.3, -0.25) is 4.79 Å². The summed E-state index contributed by atoms with van der Waals surface area (Å²) in [7, 11) is 0. The van der Waals surface area contributed by atoms with Crippen LogP contribution in [0.2, 0.25) is 0 Å². The molecule has 1 aliphatic carbocycles. The predicted octanol–water partition coefficient (Wildman–Crippen LogP) is 4.22. The van der Waals surface area contributed by atoms with Gasteiger partial charge in [-0.1, -0.05) is 49.2 Å². The molecule has 1 aromatic carbocycles. The Kier molecular flexibility index (Phi) is 5.78. The van der Waals surface area contributed by atoms with Crippen LogP contribution in [0.25, 0.3) is 11.5 Å². The number of aromatic nitrogens is 2. The largest absolute Gasteiger partial charge is 0.411 e. The summed E-state index contributed by atoms with van der Waals surface area (Å²) in [5.74, 6) is 1.07. The van der Waals surface area contributed by atoms with Crippen LogP contribution in [0.4, 0.5) is 0 Å². The summed E-state index contributed by atoms with van der Waals surface area (Å²) >= 11 is 1.31. The van der Waals surface area contributed by atoms with E-state index in [0.717, 1.165) is 12.0 Å². The van der Waals surface area contributed by atoms with Gasteiger partial charge in [0, 0.05) is 11.6 Å². The van der Waals surface area contributed by atoms with Crippen LogP contribution in [0.3, 0.4) is 0 Å². The summed E-state index contributed by atoms with van der Waals surface area (Å²) in [5.41, 5.74) is 2.07. The van der Waals surface area contributed by atoms with E-state index in [1.54, 1.807) is 0 Å². The standard InChI is InChI=1S/C19H25N3O2S/c1-12-8-10-15(11-9-12)18-21-22-19(24-18)25-14(3)17(23)20-16-7-5-4-6-13(16)2/h8-11,13-14,16H,4-7H2,1-3H3,(H,20,23)/t13-,14-,16-/m0/s1. The second kappa shape index (κ2) is 8.04. The monoisotopic (exact) mass is 359 g/mol. The number of carbonyl (C=O) groups is 1. The number of nitrogens with zero attached hydrogens (tertiary/aromatic N) is 2. The van der Waals surface area contributed by atoms with Crippen molar-refractivity contribution in [3.63, 3.8) is 0 Å². The normalized spacial score (nSPS) is 21.7. The summed E-state index contributed by atoms with van der Waals surface area (Å²) in [6.45, 7) is 6.13. The van der Waals surface area contributed by atoms with Crippen molar-refractivity contribution in [3.8, 4) is 11.5 Å². The number of benzene rings is 1. The van der Waals surface area contributed by atoms with Gasteiger partial charge >= 0.3 is 0 Å². The van der Waals surface area contributed by atoms with Crippen LogP contribution < -0.4 is 5.32 Å². The van der Waals surface area contributed by atoms with E-state index in [-0.39, 0.29) is 17.2 Å². The summed E-state index contributed by atoms with van der Waals surface area (Å²) < 4.78 is 5.70. The molecule has 1 aliphatic rings. The van der Waals surface area contributed by atoms with Crippen LogP contribution in [0.5, 0.6) is 0 Å². The highest BCUT2D eigenvalue weighted by Crippen LogP contribution is 2.28. The lowest BCUT2D eigenvalue weighted by Gasteiger charge is -2.30. The average molecular weight is 359 g/mol. The number of thioether (sulfide) groups is 1. The van der Waals surface area contributed by atoms with E-state index in [1.807, 2.05) is 38.1 Å². The number of rotatable bonds is 5. The number of carbonyl (C=O) groups excluding carboxylic acids is 1. The molecule has 1 N–H and O–H groups in total. The van der Waals surface area contributed by atoms with E-state index in [2.05, 4.69) is 22.4 Å². The van der Waals surface area contributed by atoms with Crippen molar-refractivity contribution in [1.82, 2.24) is 15.5 Å². The molecular weight excluding hydrogens is 334 g/mol. The van der Waals surface area contributed by atoms with E-state index in [0.29, 0.717) is 17.0 Å². The minimum absolute atomic E-state index is 0.0406. The summed E-state index contributed by atoms with van der Waals surface area (Å²) in [4.78, 5) is 12.5. The number of amides is 1. The Hall–Kier alpha value is -1.82. The zero-order valence-electron chi connectivity index (χ0n) is 15.0. The summed E-state index contributed by atoms with van der Waals surface area (Å²) in [6, 6.07) is 8.22. The van der Waals surface area contributed by atoms with E-state index in [4.69, 9.17) is 4.42 Å². The fraction of sp³-hybridized carbons (Fsp3) is 0.526. The Balaban J connectivity index is 1.58. The molecule has 0 bridgehead atoms. The molecule has 1 aromatic heterocycles. The van der Waals surface area contributed by atoms with E-state index < -0.39 is 0 Å². The van der Waals surface area contributed by atoms with Crippen molar-refractivity contribution in [2.75, 3.05) is 0 Å². The molecule has 5 nitrogen and oxygen atoms in total. The molecular formula is C19H25N3O2S. The third-order valence-corrected chi connectivity index (χ3v) is 5.73. The Morgan fingerprint density at radius 2 is 1.96 bits per heavy atom. The van der Waals surface area contributed by atoms with E-state index in [1.165, 1.54) is 36.6 Å². The molecule has 0 unspecified atom stereocenters. The highest BCUT2D eigenvalue weighted by Gasteiger charge is 2.26. The van der Waals surface area contributed by atoms with Crippen molar-refractivity contribution in [1.29, 1.82) is 0 Å². The highest BCUT2D eigenvalue weighted by molar-refractivity contribution is 8.00. The van der Waals surface area contributed by atoms with Gasteiger partial charge in [0.15, 0.2) is 0 Å². The number of hydrogen-bond donors (Lipinski definition) is 1. The molecule has 0 spiro atoms. The second-order valence-corrected chi connectivity index (χ2v) is 8.17. The van der Waals surface area contributed by atoms with Gasteiger partial charge in [0.25, 0.3) is 5.22 Å². The molecule has 3 rings (SSSR count). The molecule has 1 amide bonds. The Morgan fingerprint density at radius 1 is 1.24 bits per heavy atom. The Labute approximate surface area is 153 Å². The number of hydrogen-bond acceptors (Lipinski definition) is 5. The zero-order chi connectivity index (χ0) is 17.8. The lowest BCUT2D eigenvalue weighted by atomic mass is 9.86. The van der Waals surface area contributed by atoms with Crippen molar-refractivity contribution < 1.29 is 9.21 Å². The Bertz CT molecular complexity index is 714. The third-order valence-electron chi connectivity index (χ3n) is 4.79. The Morgan fingerprint density at radius 3 is 2.68 bits per heavy atom. The molecule has 134 valence electrons. The molecule has 0 radical (unpaired) electrons. The van der Waals surface area contributed by atoms with Gasteiger partial charge in [-0.15, -0.1) is 10.2 Å². The lowest BCUT2D eigenvalue weighted by molar-refractivity contribution is -0.121. The maximum atomic E-state index is 12.5. The molecule has 25 heavy (non-hydrogen) atoms. The van der Waals surface area contributed by atoms with Crippen LogP contribution in [0.15, 0.2) is 33.9 Å². The van der Waals surface area contributed by atoms with Crippen LogP contribution in [-0.4, -0.2) is 27.4 Å². The topological polar surface area (TPSA) is 68.0 Å². The van der Waals surface area contributed by atoms with Crippen molar-refractivity contribution >= 4 is 17.7 Å². The maximum absolute atomic E-state index is 12.5. The molecule has 0 aliphatic heterocycles. The fourth-order valence-corrected chi connectivity index (χ4v) is 3.80. The third kappa shape index (κ3) is 4.63. The number of nitrogens with one attached hydrogen (secondary N) is 1. The van der Waals surface area contributed by atoms with E-state index in [9.17, 15) is 4.79 Å². The molecule has 6 heteroatoms. The number of aryl methyl sites for hydroxylation is 1. The molecule has 2 aromatic rings. The van der Waals surface area contributed by atoms with Gasteiger partial charge in [-0.25, -0.2) is 0 Å². The SMILES string of the molecule is Cc1ccc(-c2nnc(S[C@@H](C)C(=O)N[C@H]3CCCC[C@@H]3C)o2)cc1. The smallest absolute Gasteiger partial charge is 0.277 e. The quantitative estimate of drug-likeness (QED) is 0.810. The van der Waals surface area contributed by atoms with Gasteiger partial charge in [-0.05, 0) is 44.7 Å². The van der Waals surface area contributed by atoms with Crippen molar-refractivity contribution in [2.45, 2.75) is 63.0 Å². The molecule has 1 saturated carbocycles. The first kappa shape index (κ1) is 18.0. The van der Waals surface area contributed by atoms with E-state index >= 15 is 0 Å². The van der Waals surface area contributed by atoms with Gasteiger partial charge in [0.05, 0.1) is 5.25 Å². The fourth-order valence-electron chi connectivity index (χ4n) is 3.11. The van der Waals surface area contributed by atoms with Crippen LogP contribution in [0, 0.1) is 12.8 Å². The van der Waals surface area contributed by atoms with Crippen molar-refractivity contribution in [2.24, 2.45) is 5.92 Å². The minimum Gasteiger partial charge on any atom is -0.411 e. The summed E-state index contributed by atoms with van der Waals surface area (Å²) in [5, 5.41) is 11.5. The van der Waals surface area contributed by atoms with Gasteiger partial charge in [0.2, 0.25) is 11.8 Å². The molecule has 0 saturated heterocycles. The maximum Gasteiger partial charge on any atom is 0.277 e. The average Bonchev–Trinajstić information content (AvgIpc) is 3.06. The van der Waals surface area contributed by atoms with Gasteiger partial charge in [0.1, 0.15) is 0 Å². The molecule has 3 atom stereocenters. The van der Waals surface area contributed by atoms with Crippen molar-refractivity contribution in [3.05, 3.63) is 29.8 Å². The first-order valence-electron chi connectivity index (χ1n) is 8.90. The summed E-state index contributed by atoms with van der Waals surface area (Å²) in [6.07, 6.45) is 4.72. The lowest BCUT2D eigenvalue weighted by Crippen LogP contribution is -2.44. The van der Waals surface area contributed by atoms with Gasteiger partial charge in [-0.2, -0.15) is 0 Å². The highest BCUT2D eigenvalue weighted by atomic mass is 32.2. The predicted molar refractivity (Wildman–Crippen MR) is 99.4 cm³/mol. The van der Waals surface area contributed by atoms with Crippen LogP contribution >= 0.6 is 11.8 Å². The first-order chi connectivity index (χ1) is 12.0.